The Morgan fingerprint density at radius 2 is 2.00 bits per heavy atom. The third kappa shape index (κ3) is 2.16. The first-order valence-electron chi connectivity index (χ1n) is 6.51. The van der Waals surface area contributed by atoms with Crippen LogP contribution in [0.5, 0.6) is 0 Å². The molecule has 0 radical (unpaired) electrons. The number of hydrogen-bond donors (Lipinski definition) is 0. The molecule has 0 aliphatic carbocycles. The van der Waals surface area contributed by atoms with Crippen LogP contribution in [-0.2, 0) is 0 Å². The molecule has 2 aromatic heterocycles. The van der Waals surface area contributed by atoms with Crippen molar-refractivity contribution in [2.75, 3.05) is 18.5 Å². The first-order chi connectivity index (χ1) is 9.79. The van der Waals surface area contributed by atoms with E-state index >= 15 is 0 Å². The van der Waals surface area contributed by atoms with Crippen LogP contribution in [0.15, 0.2) is 49.1 Å². The SMILES string of the molecule is CCN(C)c1cc(-n2cncn2)nn1-c1ccccc1. The fourth-order valence-corrected chi connectivity index (χ4v) is 1.99. The minimum absolute atomic E-state index is 0.752. The van der Waals surface area contributed by atoms with Gasteiger partial charge in [0, 0.05) is 19.7 Å². The van der Waals surface area contributed by atoms with E-state index in [1.165, 1.54) is 6.33 Å². The van der Waals surface area contributed by atoms with Gasteiger partial charge in [0.15, 0.2) is 5.82 Å². The second kappa shape index (κ2) is 5.16. The summed E-state index contributed by atoms with van der Waals surface area (Å²) in [5.74, 6) is 1.77. The van der Waals surface area contributed by atoms with Crippen molar-refractivity contribution in [1.29, 1.82) is 0 Å². The number of para-hydroxylation sites is 1. The molecule has 3 rings (SSSR count). The van der Waals surface area contributed by atoms with Crippen molar-refractivity contribution < 1.29 is 0 Å². The standard InChI is InChI=1S/C14H16N6/c1-3-18(2)14-9-13(19-11-15-10-16-19)17-20(14)12-7-5-4-6-8-12/h4-11H,3H2,1-2H3. The molecule has 20 heavy (non-hydrogen) atoms. The lowest BCUT2D eigenvalue weighted by molar-refractivity contribution is 0.780. The molecule has 6 nitrogen and oxygen atoms in total. The summed E-state index contributed by atoms with van der Waals surface area (Å²) in [6, 6.07) is 12.1. The van der Waals surface area contributed by atoms with Crippen LogP contribution in [0.2, 0.25) is 0 Å². The minimum Gasteiger partial charge on any atom is -0.360 e. The van der Waals surface area contributed by atoms with Crippen LogP contribution in [0, 0.1) is 0 Å². The normalized spacial score (nSPS) is 10.7. The smallest absolute Gasteiger partial charge is 0.179 e. The Hall–Kier alpha value is -2.63. The molecule has 3 aromatic rings. The molecule has 0 bridgehead atoms. The summed E-state index contributed by atoms with van der Waals surface area (Å²) in [6.07, 6.45) is 3.15. The average Bonchev–Trinajstić information content (AvgIpc) is 3.16. The predicted octanol–water partition coefficient (Wildman–Crippen LogP) is 1.91. The van der Waals surface area contributed by atoms with Gasteiger partial charge in [0.25, 0.3) is 0 Å². The molecule has 0 atom stereocenters. The maximum Gasteiger partial charge on any atom is 0.179 e. The zero-order chi connectivity index (χ0) is 13.9. The Kier molecular flexibility index (Phi) is 3.20. The van der Waals surface area contributed by atoms with Crippen molar-refractivity contribution in [3.8, 4) is 11.5 Å². The molecule has 0 unspecified atom stereocenters. The van der Waals surface area contributed by atoms with Gasteiger partial charge in [-0.3, -0.25) is 0 Å². The summed E-state index contributed by atoms with van der Waals surface area (Å²) in [5.41, 5.74) is 1.02. The molecule has 0 aliphatic rings. The van der Waals surface area contributed by atoms with Gasteiger partial charge < -0.3 is 4.90 Å². The topological polar surface area (TPSA) is 51.8 Å². The summed E-state index contributed by atoms with van der Waals surface area (Å²) in [5, 5.41) is 8.76. The lowest BCUT2D eigenvalue weighted by Crippen LogP contribution is -2.19. The van der Waals surface area contributed by atoms with Crippen LogP contribution in [-0.4, -0.2) is 38.1 Å². The quantitative estimate of drug-likeness (QED) is 0.725. The Balaban J connectivity index is 2.12. The van der Waals surface area contributed by atoms with Crippen LogP contribution >= 0.6 is 0 Å². The van der Waals surface area contributed by atoms with Crippen LogP contribution < -0.4 is 4.90 Å². The van der Waals surface area contributed by atoms with Crippen LogP contribution in [0.4, 0.5) is 5.82 Å². The number of rotatable bonds is 4. The lowest BCUT2D eigenvalue weighted by atomic mass is 10.3. The van der Waals surface area contributed by atoms with E-state index in [1.807, 2.05) is 48.1 Å². The van der Waals surface area contributed by atoms with E-state index in [9.17, 15) is 0 Å². The first kappa shape index (κ1) is 12.4. The number of anilines is 1. The summed E-state index contributed by atoms with van der Waals surface area (Å²) in [6.45, 7) is 3.01. The third-order valence-corrected chi connectivity index (χ3v) is 3.20. The second-order valence-electron chi connectivity index (χ2n) is 4.46. The first-order valence-corrected chi connectivity index (χ1v) is 6.51. The van der Waals surface area contributed by atoms with E-state index < -0.39 is 0 Å². The summed E-state index contributed by atoms with van der Waals surface area (Å²) in [4.78, 5) is 6.10. The molecular formula is C14H16N6. The van der Waals surface area contributed by atoms with Crippen molar-refractivity contribution in [2.45, 2.75) is 6.92 Å². The van der Waals surface area contributed by atoms with Gasteiger partial charge in [-0.05, 0) is 19.1 Å². The van der Waals surface area contributed by atoms with Crippen molar-refractivity contribution in [3.05, 3.63) is 49.1 Å². The summed E-state index contributed by atoms with van der Waals surface area (Å²) >= 11 is 0. The number of hydrogen-bond acceptors (Lipinski definition) is 4. The van der Waals surface area contributed by atoms with E-state index in [0.717, 1.165) is 23.9 Å². The second-order valence-corrected chi connectivity index (χ2v) is 4.46. The van der Waals surface area contributed by atoms with Gasteiger partial charge in [0.05, 0.1) is 5.69 Å². The van der Waals surface area contributed by atoms with E-state index in [1.54, 1.807) is 11.0 Å². The molecule has 1 aromatic carbocycles. The van der Waals surface area contributed by atoms with Crippen LogP contribution in [0.3, 0.4) is 0 Å². The minimum atomic E-state index is 0.752. The van der Waals surface area contributed by atoms with Crippen molar-refractivity contribution in [2.24, 2.45) is 0 Å². The molecular weight excluding hydrogens is 252 g/mol. The fraction of sp³-hybridized carbons (Fsp3) is 0.214. The summed E-state index contributed by atoms with van der Waals surface area (Å²) in [7, 11) is 2.04. The van der Waals surface area contributed by atoms with E-state index in [0.29, 0.717) is 0 Å². The molecule has 0 saturated heterocycles. The fourth-order valence-electron chi connectivity index (χ4n) is 1.99. The van der Waals surface area contributed by atoms with E-state index in [-0.39, 0.29) is 0 Å². The van der Waals surface area contributed by atoms with Gasteiger partial charge in [-0.15, -0.1) is 5.10 Å². The number of benzene rings is 1. The molecule has 0 N–H and O–H groups in total. The van der Waals surface area contributed by atoms with Gasteiger partial charge in [0.2, 0.25) is 0 Å². The molecule has 0 amide bonds. The third-order valence-electron chi connectivity index (χ3n) is 3.20. The van der Waals surface area contributed by atoms with Gasteiger partial charge in [0.1, 0.15) is 18.5 Å². The zero-order valence-electron chi connectivity index (χ0n) is 11.5. The van der Waals surface area contributed by atoms with E-state index in [2.05, 4.69) is 27.0 Å². The monoisotopic (exact) mass is 268 g/mol. The Labute approximate surface area is 117 Å². The Bertz CT molecular complexity index is 671. The van der Waals surface area contributed by atoms with Crippen LogP contribution in [0.25, 0.3) is 11.5 Å². The predicted molar refractivity (Wildman–Crippen MR) is 77.4 cm³/mol. The Morgan fingerprint density at radius 1 is 1.20 bits per heavy atom. The molecule has 0 aliphatic heterocycles. The van der Waals surface area contributed by atoms with Gasteiger partial charge >= 0.3 is 0 Å². The lowest BCUT2D eigenvalue weighted by Gasteiger charge is -2.17. The van der Waals surface area contributed by atoms with E-state index in [4.69, 9.17) is 0 Å². The van der Waals surface area contributed by atoms with Gasteiger partial charge in [-0.2, -0.15) is 5.10 Å². The number of nitrogens with zero attached hydrogens (tertiary/aromatic N) is 6. The van der Waals surface area contributed by atoms with Crippen LogP contribution in [0.1, 0.15) is 6.92 Å². The van der Waals surface area contributed by atoms with Crippen molar-refractivity contribution in [3.63, 3.8) is 0 Å². The molecule has 0 fully saturated rings. The Morgan fingerprint density at radius 3 is 2.65 bits per heavy atom. The highest BCUT2D eigenvalue weighted by Gasteiger charge is 2.13. The molecule has 6 heteroatoms. The summed E-state index contributed by atoms with van der Waals surface area (Å²) < 4.78 is 3.58. The average molecular weight is 268 g/mol. The maximum atomic E-state index is 4.63. The maximum absolute atomic E-state index is 4.63. The van der Waals surface area contributed by atoms with Gasteiger partial charge in [-0.25, -0.2) is 14.3 Å². The highest BCUT2D eigenvalue weighted by molar-refractivity contribution is 5.50. The van der Waals surface area contributed by atoms with Crippen molar-refractivity contribution in [1.82, 2.24) is 24.5 Å². The molecule has 2 heterocycles. The zero-order valence-corrected chi connectivity index (χ0v) is 11.5. The molecule has 0 spiro atoms. The highest BCUT2D eigenvalue weighted by Crippen LogP contribution is 2.21. The molecule has 102 valence electrons. The highest BCUT2D eigenvalue weighted by atomic mass is 15.4. The molecule has 0 saturated carbocycles. The van der Waals surface area contributed by atoms with Crippen molar-refractivity contribution >= 4 is 5.82 Å². The van der Waals surface area contributed by atoms with Gasteiger partial charge in [-0.1, -0.05) is 18.2 Å². The number of aromatic nitrogens is 5. The largest absolute Gasteiger partial charge is 0.360 e.